The number of hydrogen-bond donors (Lipinski definition) is 5. The lowest BCUT2D eigenvalue weighted by Gasteiger charge is -2.22. The van der Waals surface area contributed by atoms with Crippen molar-refractivity contribution in [3.63, 3.8) is 0 Å². The highest BCUT2D eigenvalue weighted by Crippen LogP contribution is 2.36. The summed E-state index contributed by atoms with van der Waals surface area (Å²) in [4.78, 5) is 32.2. The van der Waals surface area contributed by atoms with E-state index in [1.165, 1.54) is 18.7 Å². The summed E-state index contributed by atoms with van der Waals surface area (Å²) in [7, 11) is -4.22. The van der Waals surface area contributed by atoms with E-state index in [2.05, 4.69) is 19.9 Å². The van der Waals surface area contributed by atoms with E-state index in [-0.39, 0.29) is 6.42 Å². The molecule has 0 bridgehead atoms. The van der Waals surface area contributed by atoms with Crippen molar-refractivity contribution in [1.82, 2.24) is 19.9 Å². The number of aromatic amines is 1. The molecule has 2 aromatic heterocycles. The first kappa shape index (κ1) is 13.8. The van der Waals surface area contributed by atoms with Gasteiger partial charge in [-0.15, -0.1) is 0 Å². The third kappa shape index (κ3) is 3.22. The third-order valence-corrected chi connectivity index (χ3v) is 3.02. The topological polar surface area (TPSA) is 164 Å². The predicted octanol–water partition coefficient (Wildman–Crippen LogP) is -0.495. The maximum atomic E-state index is 10.7. The van der Waals surface area contributed by atoms with E-state index in [1.54, 1.807) is 0 Å². The molecular formula is C9H13N6O3P. The van der Waals surface area contributed by atoms with E-state index >= 15 is 0 Å². The van der Waals surface area contributed by atoms with Crippen molar-refractivity contribution in [3.05, 3.63) is 30.2 Å². The van der Waals surface area contributed by atoms with Crippen molar-refractivity contribution in [2.45, 2.75) is 12.1 Å². The van der Waals surface area contributed by atoms with Crippen LogP contribution in [0.2, 0.25) is 0 Å². The molecule has 9 nitrogen and oxygen atoms in total. The van der Waals surface area contributed by atoms with Crippen LogP contribution in [0.15, 0.2) is 24.5 Å². The summed E-state index contributed by atoms with van der Waals surface area (Å²) in [6.45, 7) is 0. The molecule has 0 aliphatic rings. The summed E-state index contributed by atoms with van der Waals surface area (Å²) in [5.41, 5.74) is 11.7. The summed E-state index contributed by atoms with van der Waals surface area (Å²) < 4.78 is 10.7. The number of rotatable bonds is 4. The molecule has 0 atom stereocenters. The van der Waals surface area contributed by atoms with Gasteiger partial charge in [-0.25, -0.2) is 15.0 Å². The molecule has 0 amide bonds. The first-order chi connectivity index (χ1) is 8.80. The van der Waals surface area contributed by atoms with Gasteiger partial charge in [0.1, 0.15) is 23.2 Å². The van der Waals surface area contributed by atoms with Gasteiger partial charge in [0.05, 0.1) is 6.33 Å². The first-order valence-corrected chi connectivity index (χ1v) is 6.93. The maximum Gasteiger partial charge on any atom is 0.348 e. The van der Waals surface area contributed by atoms with Crippen LogP contribution in [0.4, 0.5) is 0 Å². The molecule has 0 spiro atoms. The number of imidazole rings is 1. The molecule has 0 saturated carbocycles. The maximum absolute atomic E-state index is 10.7. The Balaban J connectivity index is 2.31. The predicted molar refractivity (Wildman–Crippen MR) is 67.5 cm³/mol. The fourth-order valence-corrected chi connectivity index (χ4v) is 1.98. The number of nitrogens with zero attached hydrogens (tertiary/aromatic N) is 3. The third-order valence-electron chi connectivity index (χ3n) is 2.42. The van der Waals surface area contributed by atoms with Crippen molar-refractivity contribution >= 4 is 18.8 Å². The minimum absolute atomic E-state index is 0.00322. The van der Waals surface area contributed by atoms with E-state index in [0.29, 0.717) is 16.9 Å². The minimum Gasteiger partial charge on any atom is -0.342 e. The van der Waals surface area contributed by atoms with Gasteiger partial charge >= 0.3 is 7.60 Å². The highest BCUT2D eigenvalue weighted by molar-refractivity contribution is 7.55. The van der Waals surface area contributed by atoms with Crippen LogP contribution in [-0.2, 0) is 10.2 Å². The van der Waals surface area contributed by atoms with Gasteiger partial charge in [0, 0.05) is 12.2 Å². The smallest absolute Gasteiger partial charge is 0.342 e. The van der Waals surface area contributed by atoms with E-state index < -0.39 is 13.3 Å². The molecule has 0 unspecified atom stereocenters. The highest BCUT2D eigenvalue weighted by atomic mass is 31.2. The fraction of sp³-hybridized carbons (Fsp3) is 0.222. The summed E-state index contributed by atoms with van der Waals surface area (Å²) in [6.07, 6.45) is 3.94. The van der Waals surface area contributed by atoms with Crippen molar-refractivity contribution in [2.75, 3.05) is 0 Å². The second-order valence-electron chi connectivity index (χ2n) is 4.04. The van der Waals surface area contributed by atoms with Gasteiger partial charge in [-0.1, -0.05) is 6.08 Å². The molecule has 0 fully saturated rings. The summed E-state index contributed by atoms with van der Waals surface area (Å²) in [6, 6.07) is 0. The number of hydrogen-bond acceptors (Lipinski definition) is 6. The molecule has 0 aliphatic heterocycles. The Morgan fingerprint density at radius 1 is 1.37 bits per heavy atom. The summed E-state index contributed by atoms with van der Waals surface area (Å²) in [5.74, 6) is 0.757. The van der Waals surface area contributed by atoms with Crippen LogP contribution in [0.5, 0.6) is 0 Å². The number of H-pyrrole nitrogens is 1. The van der Waals surface area contributed by atoms with Gasteiger partial charge in [-0.3, -0.25) is 4.57 Å². The van der Waals surface area contributed by atoms with Crippen LogP contribution in [0.25, 0.3) is 11.2 Å². The zero-order valence-corrected chi connectivity index (χ0v) is 10.7. The van der Waals surface area contributed by atoms with E-state index in [9.17, 15) is 4.57 Å². The Morgan fingerprint density at radius 2 is 2.11 bits per heavy atom. The quantitative estimate of drug-likeness (QED) is 0.370. The van der Waals surface area contributed by atoms with Crippen LogP contribution in [0, 0.1) is 0 Å². The second-order valence-corrected chi connectivity index (χ2v) is 5.52. The Labute approximate surface area is 107 Å². The Hall–Kier alpha value is -1.64. The van der Waals surface area contributed by atoms with Crippen molar-refractivity contribution in [3.8, 4) is 0 Å². The molecule has 2 heterocycles. The summed E-state index contributed by atoms with van der Waals surface area (Å²) in [5, 5.41) is 0. The average molecular weight is 284 g/mol. The van der Waals surface area contributed by atoms with E-state index in [4.69, 9.17) is 21.3 Å². The van der Waals surface area contributed by atoms with Crippen LogP contribution in [0.3, 0.4) is 0 Å². The van der Waals surface area contributed by atoms with Gasteiger partial charge in [0.15, 0.2) is 5.65 Å². The molecule has 0 aromatic carbocycles. The molecule has 2 aromatic rings. The van der Waals surface area contributed by atoms with E-state index in [0.717, 1.165) is 5.82 Å². The summed E-state index contributed by atoms with van der Waals surface area (Å²) >= 11 is 0. The molecule has 19 heavy (non-hydrogen) atoms. The largest absolute Gasteiger partial charge is 0.348 e. The monoisotopic (exact) mass is 284 g/mol. The lowest BCUT2D eigenvalue weighted by molar-refractivity contribution is 0.385. The van der Waals surface area contributed by atoms with Gasteiger partial charge < -0.3 is 26.2 Å². The molecule has 0 radical (unpaired) electrons. The Morgan fingerprint density at radius 3 is 2.79 bits per heavy atom. The van der Waals surface area contributed by atoms with Crippen molar-refractivity contribution in [1.29, 1.82) is 0 Å². The number of aromatic nitrogens is 4. The van der Waals surface area contributed by atoms with Crippen molar-refractivity contribution < 1.29 is 14.4 Å². The molecule has 0 aliphatic carbocycles. The molecule has 102 valence electrons. The first-order valence-electron chi connectivity index (χ1n) is 5.25. The number of nitrogens with one attached hydrogen (secondary N) is 1. The SMILES string of the molecule is NC(N)(C/C=C/P(=O)(O)O)c1ncnc2nc[nH]c12. The fourth-order valence-electron chi connectivity index (χ4n) is 1.60. The molecule has 2 rings (SSSR count). The highest BCUT2D eigenvalue weighted by Gasteiger charge is 2.26. The molecular weight excluding hydrogens is 271 g/mol. The number of nitrogens with two attached hydrogens (primary N) is 2. The van der Waals surface area contributed by atoms with Crippen LogP contribution in [-0.4, -0.2) is 29.7 Å². The molecule has 10 heteroatoms. The van der Waals surface area contributed by atoms with Gasteiger partial charge in [0.2, 0.25) is 0 Å². The second kappa shape index (κ2) is 4.80. The standard InChI is InChI=1S/C9H13N6O3P/c10-9(11,2-1-3-19(16,17)18)7-6-8(14-4-12-6)15-5-13-7/h1,3-5H,2,10-11H2,(H2,16,17,18)(H,12,13,14,15)/b3-1+. The zero-order valence-electron chi connectivity index (χ0n) is 9.76. The average Bonchev–Trinajstić information content (AvgIpc) is 2.73. The van der Waals surface area contributed by atoms with Crippen molar-refractivity contribution in [2.24, 2.45) is 11.5 Å². The lowest BCUT2D eigenvalue weighted by Crippen LogP contribution is -2.46. The van der Waals surface area contributed by atoms with Gasteiger partial charge in [0.25, 0.3) is 0 Å². The minimum atomic E-state index is -4.22. The van der Waals surface area contributed by atoms with Crippen LogP contribution >= 0.6 is 7.60 Å². The molecule has 0 saturated heterocycles. The zero-order chi connectivity index (χ0) is 14.1. The van der Waals surface area contributed by atoms with E-state index in [1.807, 2.05) is 0 Å². The lowest BCUT2D eigenvalue weighted by atomic mass is 10.0. The van der Waals surface area contributed by atoms with Crippen LogP contribution in [0.1, 0.15) is 12.1 Å². The number of fused-ring (bicyclic) bond motifs is 1. The van der Waals surface area contributed by atoms with Crippen LogP contribution < -0.4 is 11.5 Å². The Bertz CT molecular complexity index is 661. The van der Waals surface area contributed by atoms with Gasteiger partial charge in [-0.2, -0.15) is 0 Å². The molecule has 7 N–H and O–H groups in total. The normalized spacial score (nSPS) is 13.5. The van der Waals surface area contributed by atoms with Gasteiger partial charge in [-0.05, 0) is 0 Å². The Kier molecular flexibility index (Phi) is 3.48.